The summed E-state index contributed by atoms with van der Waals surface area (Å²) in [5.74, 6) is 0. The Morgan fingerprint density at radius 1 is 0.560 bits per heavy atom. The first kappa shape index (κ1) is 17.9. The van der Waals surface area contributed by atoms with Crippen LogP contribution in [0, 0.1) is 20.8 Å². The van der Waals surface area contributed by atoms with E-state index in [1.165, 1.54) is 32.6 Å². The molecule has 3 aromatic carbocycles. The van der Waals surface area contributed by atoms with Crippen molar-refractivity contribution < 1.29 is 5.11 Å². The van der Waals surface area contributed by atoms with Gasteiger partial charge in [-0.1, -0.05) is 0 Å². The number of aryl methyl sites for hydroxylation is 3. The number of rotatable bonds is 5. The fourth-order valence-electron chi connectivity index (χ4n) is 3.61. The van der Waals surface area contributed by atoms with Crippen LogP contribution >= 0.6 is 7.26 Å². The summed E-state index contributed by atoms with van der Waals surface area (Å²) in [5.41, 5.74) is 3.80. The number of aliphatic hydroxyl groups excluding tert-OH is 1. The summed E-state index contributed by atoms with van der Waals surface area (Å²) in [5, 5.41) is 14.1. The molecule has 25 heavy (non-hydrogen) atoms. The fraction of sp³-hybridized carbons (Fsp3) is 0.217. The van der Waals surface area contributed by atoms with E-state index in [0.29, 0.717) is 0 Å². The minimum absolute atomic E-state index is 0.196. The second-order valence-corrected chi connectivity index (χ2v) is 11.0. The van der Waals surface area contributed by atoms with Crippen molar-refractivity contribution in [2.24, 2.45) is 0 Å². The third-order valence-corrected chi connectivity index (χ3v) is 10.1. The van der Waals surface area contributed by atoms with Crippen LogP contribution in [0.5, 0.6) is 0 Å². The number of hydrogen-bond donors (Lipinski definition) is 1. The molecule has 1 N–H and O–H groups in total. The van der Waals surface area contributed by atoms with Gasteiger partial charge in [-0.05, 0) is 0 Å². The first-order valence-corrected chi connectivity index (χ1v) is 11.1. The topological polar surface area (TPSA) is 20.2 Å². The number of aliphatic hydroxyl groups is 1. The molecule has 3 aromatic rings. The van der Waals surface area contributed by atoms with E-state index in [1.807, 2.05) is 0 Å². The summed E-state index contributed by atoms with van der Waals surface area (Å²) in [7, 11) is -2.24. The summed E-state index contributed by atoms with van der Waals surface area (Å²) in [6, 6.07) is 26.7. The first-order chi connectivity index (χ1) is 12.1. The normalized spacial score (nSPS) is 12.2. The van der Waals surface area contributed by atoms with Crippen molar-refractivity contribution in [1.29, 1.82) is 0 Å². The molecule has 0 saturated heterocycles. The van der Waals surface area contributed by atoms with E-state index in [0.717, 1.165) is 6.16 Å². The average Bonchev–Trinajstić information content (AvgIpc) is 2.62. The predicted molar refractivity (Wildman–Crippen MR) is 113 cm³/mol. The van der Waals surface area contributed by atoms with Crippen molar-refractivity contribution >= 4 is 23.2 Å². The van der Waals surface area contributed by atoms with Crippen LogP contribution in [0.4, 0.5) is 0 Å². The molecular weight excluding hydrogens is 323 g/mol. The van der Waals surface area contributed by atoms with E-state index in [9.17, 15) is 5.11 Å². The molecule has 0 amide bonds. The Morgan fingerprint density at radius 2 is 0.840 bits per heavy atom. The van der Waals surface area contributed by atoms with Gasteiger partial charge in [0.15, 0.2) is 0 Å². The molecule has 0 bridgehead atoms. The summed E-state index contributed by atoms with van der Waals surface area (Å²) in [6.07, 6.45) is 0.794. The molecule has 1 nitrogen and oxygen atoms in total. The van der Waals surface area contributed by atoms with Crippen LogP contribution < -0.4 is 15.9 Å². The summed E-state index contributed by atoms with van der Waals surface area (Å²) < 4.78 is 0. The van der Waals surface area contributed by atoms with E-state index in [1.54, 1.807) is 0 Å². The van der Waals surface area contributed by atoms with Crippen LogP contribution in [0.2, 0.25) is 0 Å². The van der Waals surface area contributed by atoms with Gasteiger partial charge in [0.1, 0.15) is 0 Å². The Hall–Kier alpha value is -1.95. The van der Waals surface area contributed by atoms with Crippen LogP contribution in [0.3, 0.4) is 0 Å². The number of benzene rings is 3. The van der Waals surface area contributed by atoms with Gasteiger partial charge in [-0.15, -0.1) is 0 Å². The minimum atomic E-state index is -2.24. The maximum atomic E-state index is 9.98. The van der Waals surface area contributed by atoms with Crippen LogP contribution in [-0.2, 0) is 0 Å². The molecular formula is C23H27OP. The molecule has 0 spiro atoms. The molecule has 0 fully saturated rings. The summed E-state index contributed by atoms with van der Waals surface area (Å²) in [6.45, 7) is 6.56. The van der Waals surface area contributed by atoms with E-state index < -0.39 is 7.26 Å². The van der Waals surface area contributed by atoms with Crippen molar-refractivity contribution in [2.75, 3.05) is 12.8 Å². The SMILES string of the molecule is Cc1ccc([PH](CCO)(c2ccc(C)cc2)c2ccc(C)cc2)cc1. The standard InChI is InChI=1S/C23H27OP/c1-18-4-10-21(11-5-18)25(17-16-24,22-12-6-19(2)7-13-22)23-14-8-20(3)9-15-23/h4-15,24-25H,16-17H2,1-3H3. The zero-order valence-corrected chi connectivity index (χ0v) is 16.3. The predicted octanol–water partition coefficient (Wildman–Crippen LogP) is 3.63. The molecule has 0 unspecified atom stereocenters. The van der Waals surface area contributed by atoms with E-state index in [2.05, 4.69) is 93.6 Å². The molecule has 0 aliphatic rings. The molecule has 0 aliphatic heterocycles. The Bertz CT molecular complexity index is 707. The Labute approximate surface area is 151 Å². The number of hydrogen-bond acceptors (Lipinski definition) is 1. The van der Waals surface area contributed by atoms with Gasteiger partial charge in [-0.3, -0.25) is 0 Å². The van der Waals surface area contributed by atoms with Crippen molar-refractivity contribution in [1.82, 2.24) is 0 Å². The van der Waals surface area contributed by atoms with Gasteiger partial charge in [0, 0.05) is 0 Å². The molecule has 0 radical (unpaired) electrons. The van der Waals surface area contributed by atoms with Crippen LogP contribution in [0.25, 0.3) is 0 Å². The second kappa shape index (κ2) is 7.52. The van der Waals surface area contributed by atoms with Crippen LogP contribution in [-0.4, -0.2) is 17.9 Å². The third-order valence-electron chi connectivity index (χ3n) is 5.12. The average molecular weight is 350 g/mol. The Morgan fingerprint density at radius 3 is 1.08 bits per heavy atom. The van der Waals surface area contributed by atoms with Crippen LogP contribution in [0.15, 0.2) is 72.8 Å². The molecule has 0 aromatic heterocycles. The summed E-state index contributed by atoms with van der Waals surface area (Å²) >= 11 is 0. The molecule has 0 aliphatic carbocycles. The van der Waals surface area contributed by atoms with E-state index >= 15 is 0 Å². The van der Waals surface area contributed by atoms with E-state index in [-0.39, 0.29) is 6.61 Å². The summed E-state index contributed by atoms with van der Waals surface area (Å²) in [4.78, 5) is 0. The van der Waals surface area contributed by atoms with Gasteiger partial charge in [-0.2, -0.15) is 0 Å². The Kier molecular flexibility index (Phi) is 5.37. The van der Waals surface area contributed by atoms with Gasteiger partial charge in [0.25, 0.3) is 0 Å². The van der Waals surface area contributed by atoms with Crippen molar-refractivity contribution in [3.8, 4) is 0 Å². The van der Waals surface area contributed by atoms with E-state index in [4.69, 9.17) is 0 Å². The van der Waals surface area contributed by atoms with Crippen LogP contribution in [0.1, 0.15) is 16.7 Å². The van der Waals surface area contributed by atoms with Gasteiger partial charge in [0.2, 0.25) is 0 Å². The third kappa shape index (κ3) is 3.54. The Balaban J connectivity index is 2.28. The van der Waals surface area contributed by atoms with Gasteiger partial charge < -0.3 is 0 Å². The molecule has 0 saturated carbocycles. The fourth-order valence-corrected chi connectivity index (χ4v) is 8.02. The zero-order valence-electron chi connectivity index (χ0n) is 15.3. The van der Waals surface area contributed by atoms with Gasteiger partial charge in [0.05, 0.1) is 0 Å². The molecule has 2 heteroatoms. The molecule has 0 heterocycles. The molecule has 3 rings (SSSR count). The maximum absolute atomic E-state index is 9.98. The zero-order chi connectivity index (χ0) is 17.9. The molecule has 0 atom stereocenters. The monoisotopic (exact) mass is 350 g/mol. The second-order valence-electron chi connectivity index (χ2n) is 6.98. The van der Waals surface area contributed by atoms with Gasteiger partial charge >= 0.3 is 151 Å². The molecule has 130 valence electrons. The van der Waals surface area contributed by atoms with Crippen molar-refractivity contribution in [3.63, 3.8) is 0 Å². The van der Waals surface area contributed by atoms with Crippen molar-refractivity contribution in [3.05, 3.63) is 89.5 Å². The van der Waals surface area contributed by atoms with Crippen molar-refractivity contribution in [2.45, 2.75) is 20.8 Å². The first-order valence-electron chi connectivity index (χ1n) is 8.88. The quantitative estimate of drug-likeness (QED) is 0.697. The van der Waals surface area contributed by atoms with Gasteiger partial charge in [-0.25, -0.2) is 0 Å².